The zero-order valence-corrected chi connectivity index (χ0v) is 10.2. The number of rotatable bonds is 3. The van der Waals surface area contributed by atoms with Crippen LogP contribution in [0.3, 0.4) is 0 Å². The minimum Gasteiger partial charge on any atom is -0.154 e. The molecule has 0 saturated heterocycles. The summed E-state index contributed by atoms with van der Waals surface area (Å²) in [6.07, 6.45) is 0. The van der Waals surface area contributed by atoms with E-state index in [0.29, 0.717) is 0 Å². The van der Waals surface area contributed by atoms with Crippen molar-refractivity contribution in [1.29, 1.82) is 0 Å². The van der Waals surface area contributed by atoms with Gasteiger partial charge in [-0.1, -0.05) is 35.9 Å². The summed E-state index contributed by atoms with van der Waals surface area (Å²) in [7, 11) is 0. The van der Waals surface area contributed by atoms with Crippen LogP contribution in [0.15, 0.2) is 64.9 Å². The number of hydrogen-bond acceptors (Lipinski definition) is 2. The van der Waals surface area contributed by atoms with Crippen LogP contribution in [-0.2, 0) is 0 Å². The molecule has 0 N–H and O–H groups in total. The fourth-order valence-corrected chi connectivity index (χ4v) is 1.45. The molecule has 2 aromatic rings. The largest absolute Gasteiger partial charge is 0.154 e. The lowest BCUT2D eigenvalue weighted by molar-refractivity contribution is 1.04. The Balaban J connectivity index is 2.09. The second-order valence-corrected chi connectivity index (χ2v) is 3.94. The van der Waals surface area contributed by atoms with Crippen LogP contribution in [0.4, 0.5) is 11.4 Å². The highest BCUT2D eigenvalue weighted by molar-refractivity contribution is 6.25. The minimum absolute atomic E-state index is 0.769. The van der Waals surface area contributed by atoms with Crippen molar-refractivity contribution in [2.24, 2.45) is 10.3 Å². The standard InChI is InChI=1S/C13H12ClN3/c1-11-7-9-13(10-8-11)17(14)16-15-12-5-3-2-4-6-12/h2-10H,1H3. The van der Waals surface area contributed by atoms with Gasteiger partial charge in [0, 0.05) is 11.8 Å². The highest BCUT2D eigenvalue weighted by Gasteiger charge is 2.00. The molecule has 0 spiro atoms. The van der Waals surface area contributed by atoms with Gasteiger partial charge in [0.2, 0.25) is 0 Å². The molecule has 0 amide bonds. The topological polar surface area (TPSA) is 28.0 Å². The second kappa shape index (κ2) is 5.46. The van der Waals surface area contributed by atoms with Crippen LogP contribution in [0.2, 0.25) is 0 Å². The Bertz CT molecular complexity index is 494. The molecule has 4 heteroatoms. The number of halogens is 1. The van der Waals surface area contributed by atoms with Crippen molar-refractivity contribution < 1.29 is 0 Å². The lowest BCUT2D eigenvalue weighted by Gasteiger charge is -2.07. The van der Waals surface area contributed by atoms with Crippen molar-refractivity contribution in [1.82, 2.24) is 0 Å². The summed E-state index contributed by atoms with van der Waals surface area (Å²) >= 11 is 5.98. The summed E-state index contributed by atoms with van der Waals surface area (Å²) in [4.78, 5) is 0. The van der Waals surface area contributed by atoms with Gasteiger partial charge >= 0.3 is 0 Å². The van der Waals surface area contributed by atoms with E-state index in [4.69, 9.17) is 11.8 Å². The van der Waals surface area contributed by atoms with Crippen LogP contribution >= 0.6 is 11.8 Å². The highest BCUT2D eigenvalue weighted by atomic mass is 35.5. The monoisotopic (exact) mass is 245 g/mol. The van der Waals surface area contributed by atoms with E-state index in [1.807, 2.05) is 61.5 Å². The van der Waals surface area contributed by atoms with Gasteiger partial charge in [-0.15, -0.1) is 5.11 Å². The molecule has 86 valence electrons. The summed E-state index contributed by atoms with van der Waals surface area (Å²) in [5.41, 5.74) is 2.74. The van der Waals surface area contributed by atoms with Crippen molar-refractivity contribution in [3.63, 3.8) is 0 Å². The minimum atomic E-state index is 0.769. The molecule has 0 aliphatic carbocycles. The van der Waals surface area contributed by atoms with Gasteiger partial charge in [0.05, 0.1) is 11.4 Å². The van der Waals surface area contributed by atoms with Crippen molar-refractivity contribution in [3.8, 4) is 0 Å². The molecule has 0 aromatic heterocycles. The maximum atomic E-state index is 5.98. The molecule has 0 radical (unpaired) electrons. The third-order valence-electron chi connectivity index (χ3n) is 2.24. The molecule has 3 nitrogen and oxygen atoms in total. The first kappa shape index (κ1) is 11.6. The lowest BCUT2D eigenvalue weighted by Crippen LogP contribution is -1.98. The summed E-state index contributed by atoms with van der Waals surface area (Å²) in [5, 5.41) is 7.94. The maximum absolute atomic E-state index is 5.98. The van der Waals surface area contributed by atoms with E-state index in [0.717, 1.165) is 11.4 Å². The molecule has 2 rings (SSSR count). The van der Waals surface area contributed by atoms with Crippen molar-refractivity contribution in [2.75, 3.05) is 4.53 Å². The smallest absolute Gasteiger partial charge is 0.0874 e. The van der Waals surface area contributed by atoms with Crippen LogP contribution in [-0.4, -0.2) is 0 Å². The van der Waals surface area contributed by atoms with Gasteiger partial charge in [-0.2, -0.15) is 4.53 Å². The quantitative estimate of drug-likeness (QED) is 0.439. The SMILES string of the molecule is Cc1ccc(N(Cl)N=Nc2ccccc2)cc1. The molecular weight excluding hydrogens is 234 g/mol. The average Bonchev–Trinajstić information content (AvgIpc) is 2.38. The van der Waals surface area contributed by atoms with E-state index in [1.54, 1.807) is 0 Å². The molecule has 0 heterocycles. The molecule has 0 aliphatic rings. The van der Waals surface area contributed by atoms with Crippen LogP contribution in [0.25, 0.3) is 0 Å². The summed E-state index contributed by atoms with van der Waals surface area (Å²) in [6, 6.07) is 17.2. The van der Waals surface area contributed by atoms with Gasteiger partial charge in [0.15, 0.2) is 0 Å². The first-order valence-corrected chi connectivity index (χ1v) is 5.59. The number of aryl methyl sites for hydroxylation is 1. The van der Waals surface area contributed by atoms with Crippen LogP contribution in [0.1, 0.15) is 5.56 Å². The van der Waals surface area contributed by atoms with Gasteiger partial charge in [-0.05, 0) is 36.4 Å². The zero-order valence-electron chi connectivity index (χ0n) is 9.42. The van der Waals surface area contributed by atoms with E-state index in [1.165, 1.54) is 10.1 Å². The van der Waals surface area contributed by atoms with E-state index in [2.05, 4.69) is 10.3 Å². The van der Waals surface area contributed by atoms with E-state index in [-0.39, 0.29) is 0 Å². The predicted molar refractivity (Wildman–Crippen MR) is 70.5 cm³/mol. The fourth-order valence-electron chi connectivity index (χ4n) is 1.30. The molecule has 0 bridgehead atoms. The van der Waals surface area contributed by atoms with Crippen LogP contribution in [0, 0.1) is 6.92 Å². The van der Waals surface area contributed by atoms with Gasteiger partial charge < -0.3 is 0 Å². The average molecular weight is 246 g/mol. The molecule has 17 heavy (non-hydrogen) atoms. The van der Waals surface area contributed by atoms with Gasteiger partial charge in [0.25, 0.3) is 0 Å². The Morgan fingerprint density at radius 2 is 1.59 bits per heavy atom. The number of anilines is 1. The molecule has 0 atom stereocenters. The number of hydrogen-bond donors (Lipinski definition) is 0. The lowest BCUT2D eigenvalue weighted by atomic mass is 10.2. The van der Waals surface area contributed by atoms with Crippen molar-refractivity contribution >= 4 is 23.2 Å². The Morgan fingerprint density at radius 1 is 0.941 bits per heavy atom. The van der Waals surface area contributed by atoms with Crippen molar-refractivity contribution in [3.05, 3.63) is 60.2 Å². The number of nitrogens with zero attached hydrogens (tertiary/aromatic N) is 3. The zero-order chi connectivity index (χ0) is 12.1. The Hall–Kier alpha value is -1.87. The molecule has 0 fully saturated rings. The summed E-state index contributed by atoms with van der Waals surface area (Å²) < 4.78 is 1.23. The maximum Gasteiger partial charge on any atom is 0.0874 e. The van der Waals surface area contributed by atoms with E-state index < -0.39 is 0 Å². The van der Waals surface area contributed by atoms with Gasteiger partial charge in [0.1, 0.15) is 0 Å². The molecule has 0 aliphatic heterocycles. The number of benzene rings is 2. The molecule has 0 saturated carbocycles. The Labute approximate surface area is 105 Å². The summed E-state index contributed by atoms with van der Waals surface area (Å²) in [6.45, 7) is 2.02. The van der Waals surface area contributed by atoms with Gasteiger partial charge in [-0.25, -0.2) is 0 Å². The first-order chi connectivity index (χ1) is 8.25. The molecule has 0 unspecified atom stereocenters. The Kier molecular flexibility index (Phi) is 3.73. The third kappa shape index (κ3) is 3.29. The normalized spacial score (nSPS) is 10.7. The van der Waals surface area contributed by atoms with Crippen LogP contribution < -0.4 is 4.53 Å². The summed E-state index contributed by atoms with van der Waals surface area (Å²) in [5.74, 6) is 0. The predicted octanol–water partition coefficient (Wildman–Crippen LogP) is 4.65. The second-order valence-electron chi connectivity index (χ2n) is 3.62. The molecule has 2 aromatic carbocycles. The van der Waals surface area contributed by atoms with Crippen molar-refractivity contribution in [2.45, 2.75) is 6.92 Å². The third-order valence-corrected chi connectivity index (χ3v) is 2.50. The van der Waals surface area contributed by atoms with Gasteiger partial charge in [-0.3, -0.25) is 0 Å². The van der Waals surface area contributed by atoms with Crippen LogP contribution in [0.5, 0.6) is 0 Å². The van der Waals surface area contributed by atoms with E-state index >= 15 is 0 Å². The van der Waals surface area contributed by atoms with E-state index in [9.17, 15) is 0 Å². The highest BCUT2D eigenvalue weighted by Crippen LogP contribution is 2.19. The first-order valence-electron chi connectivity index (χ1n) is 5.25. The fraction of sp³-hybridized carbons (Fsp3) is 0.0769. The molecular formula is C13H12ClN3. The Morgan fingerprint density at radius 3 is 2.24 bits per heavy atom.